The molecule has 0 unspecified atom stereocenters. The Morgan fingerprint density at radius 1 is 1.08 bits per heavy atom. The highest BCUT2D eigenvalue weighted by Crippen LogP contribution is 1.95. The highest BCUT2D eigenvalue weighted by molar-refractivity contribution is 5.94. The van der Waals surface area contributed by atoms with E-state index in [0.717, 1.165) is 0 Å². The van der Waals surface area contributed by atoms with Crippen molar-refractivity contribution in [1.29, 1.82) is 0 Å². The second-order valence-corrected chi connectivity index (χ2v) is 2.66. The van der Waals surface area contributed by atoms with Gasteiger partial charge in [0.15, 0.2) is 0 Å². The zero-order valence-electron chi connectivity index (χ0n) is 7.35. The summed E-state index contributed by atoms with van der Waals surface area (Å²) in [4.78, 5) is 31.6. The molecule has 2 amide bonds. The molecular formula is C8H13NO3. The first-order valence-corrected chi connectivity index (χ1v) is 3.82. The SMILES string of the molecule is CC(=O)CCCC(=O)NC(C)=O. The lowest BCUT2D eigenvalue weighted by Crippen LogP contribution is -2.27. The van der Waals surface area contributed by atoms with Crippen LogP contribution in [-0.4, -0.2) is 17.6 Å². The number of carbonyl (C=O) groups excluding carboxylic acids is 3. The van der Waals surface area contributed by atoms with Crippen LogP contribution in [0.3, 0.4) is 0 Å². The maximum atomic E-state index is 10.8. The molecule has 0 aliphatic rings. The van der Waals surface area contributed by atoms with Gasteiger partial charge in [-0.1, -0.05) is 0 Å². The van der Waals surface area contributed by atoms with E-state index >= 15 is 0 Å². The highest BCUT2D eigenvalue weighted by atomic mass is 16.2. The number of hydrogen-bond acceptors (Lipinski definition) is 3. The van der Waals surface area contributed by atoms with Gasteiger partial charge in [-0.2, -0.15) is 0 Å². The summed E-state index contributed by atoms with van der Waals surface area (Å²) in [5.41, 5.74) is 0. The molecule has 0 heterocycles. The van der Waals surface area contributed by atoms with Gasteiger partial charge in [-0.3, -0.25) is 14.9 Å². The molecule has 0 saturated heterocycles. The average molecular weight is 171 g/mol. The number of hydrogen-bond donors (Lipinski definition) is 1. The molecule has 1 N–H and O–H groups in total. The van der Waals surface area contributed by atoms with E-state index in [9.17, 15) is 14.4 Å². The quantitative estimate of drug-likeness (QED) is 0.666. The smallest absolute Gasteiger partial charge is 0.226 e. The molecule has 0 atom stereocenters. The molecule has 12 heavy (non-hydrogen) atoms. The van der Waals surface area contributed by atoms with Crippen LogP contribution in [0.5, 0.6) is 0 Å². The summed E-state index contributed by atoms with van der Waals surface area (Å²) in [6.45, 7) is 2.76. The van der Waals surface area contributed by atoms with Gasteiger partial charge in [0, 0.05) is 19.8 Å². The fourth-order valence-electron chi connectivity index (χ4n) is 0.757. The van der Waals surface area contributed by atoms with Gasteiger partial charge < -0.3 is 4.79 Å². The molecule has 0 radical (unpaired) electrons. The van der Waals surface area contributed by atoms with Crippen molar-refractivity contribution in [2.75, 3.05) is 0 Å². The lowest BCUT2D eigenvalue weighted by Gasteiger charge is -1.98. The molecule has 0 aromatic rings. The zero-order chi connectivity index (χ0) is 9.56. The van der Waals surface area contributed by atoms with Crippen molar-refractivity contribution in [3.63, 3.8) is 0 Å². The Morgan fingerprint density at radius 2 is 1.67 bits per heavy atom. The molecule has 0 bridgehead atoms. The largest absolute Gasteiger partial charge is 0.300 e. The Balaban J connectivity index is 3.44. The molecule has 0 aromatic heterocycles. The minimum absolute atomic E-state index is 0.0608. The lowest BCUT2D eigenvalue weighted by molar-refractivity contribution is -0.129. The van der Waals surface area contributed by atoms with Crippen LogP contribution in [0.4, 0.5) is 0 Å². The van der Waals surface area contributed by atoms with Crippen molar-refractivity contribution in [2.24, 2.45) is 0 Å². The van der Waals surface area contributed by atoms with E-state index in [1.54, 1.807) is 0 Å². The van der Waals surface area contributed by atoms with E-state index in [1.165, 1.54) is 13.8 Å². The molecule has 0 aromatic carbocycles. The van der Waals surface area contributed by atoms with Crippen molar-refractivity contribution in [3.05, 3.63) is 0 Å². The van der Waals surface area contributed by atoms with Gasteiger partial charge in [-0.25, -0.2) is 0 Å². The minimum atomic E-state index is -0.358. The van der Waals surface area contributed by atoms with Gasteiger partial charge in [0.05, 0.1) is 0 Å². The first-order chi connectivity index (χ1) is 5.52. The van der Waals surface area contributed by atoms with Gasteiger partial charge in [0.2, 0.25) is 11.8 Å². The Labute approximate surface area is 71.3 Å². The summed E-state index contributed by atoms with van der Waals surface area (Å²) in [5.74, 6) is -0.614. The van der Waals surface area contributed by atoms with Gasteiger partial charge in [-0.15, -0.1) is 0 Å². The molecule has 0 saturated carbocycles. The molecule has 0 spiro atoms. The van der Waals surface area contributed by atoms with Crippen molar-refractivity contribution in [3.8, 4) is 0 Å². The van der Waals surface area contributed by atoms with Gasteiger partial charge in [0.25, 0.3) is 0 Å². The van der Waals surface area contributed by atoms with Crippen molar-refractivity contribution in [2.45, 2.75) is 33.1 Å². The number of imide groups is 1. The minimum Gasteiger partial charge on any atom is -0.300 e. The molecule has 4 nitrogen and oxygen atoms in total. The lowest BCUT2D eigenvalue weighted by atomic mass is 10.2. The third kappa shape index (κ3) is 6.92. The number of rotatable bonds is 4. The van der Waals surface area contributed by atoms with E-state index in [0.29, 0.717) is 12.8 Å². The molecule has 4 heteroatoms. The maximum absolute atomic E-state index is 10.8. The Bertz CT molecular complexity index is 198. The van der Waals surface area contributed by atoms with Crippen LogP contribution in [0.1, 0.15) is 33.1 Å². The molecule has 0 aliphatic carbocycles. The van der Waals surface area contributed by atoms with E-state index in [4.69, 9.17) is 0 Å². The van der Waals surface area contributed by atoms with Crippen molar-refractivity contribution < 1.29 is 14.4 Å². The standard InChI is InChI=1S/C8H13NO3/c1-6(10)4-3-5-8(12)9-7(2)11/h3-5H2,1-2H3,(H,9,11,12). The fraction of sp³-hybridized carbons (Fsp3) is 0.625. The predicted molar refractivity (Wildman–Crippen MR) is 43.4 cm³/mol. The second-order valence-electron chi connectivity index (χ2n) is 2.66. The number of carbonyl (C=O) groups is 3. The van der Waals surface area contributed by atoms with Gasteiger partial charge >= 0.3 is 0 Å². The molecule has 0 rings (SSSR count). The van der Waals surface area contributed by atoms with Crippen LogP contribution in [-0.2, 0) is 14.4 Å². The third-order valence-corrected chi connectivity index (χ3v) is 1.25. The van der Waals surface area contributed by atoms with Crippen LogP contribution in [0.2, 0.25) is 0 Å². The Kier molecular flexibility index (Phi) is 4.92. The maximum Gasteiger partial charge on any atom is 0.226 e. The number of nitrogens with one attached hydrogen (secondary N) is 1. The number of amides is 2. The average Bonchev–Trinajstić information content (AvgIpc) is 1.84. The Hall–Kier alpha value is -1.19. The monoisotopic (exact) mass is 171 g/mol. The molecule has 0 aliphatic heterocycles. The normalized spacial score (nSPS) is 9.17. The summed E-state index contributed by atoms with van der Waals surface area (Å²) in [6, 6.07) is 0. The fourth-order valence-corrected chi connectivity index (χ4v) is 0.757. The van der Waals surface area contributed by atoms with Crippen LogP contribution in [0.25, 0.3) is 0 Å². The van der Waals surface area contributed by atoms with E-state index in [1.807, 2.05) is 0 Å². The van der Waals surface area contributed by atoms with Gasteiger partial charge in [-0.05, 0) is 13.3 Å². The second kappa shape index (κ2) is 5.46. The van der Waals surface area contributed by atoms with E-state index in [-0.39, 0.29) is 24.0 Å². The summed E-state index contributed by atoms with van der Waals surface area (Å²) in [6.07, 6.45) is 1.14. The van der Waals surface area contributed by atoms with Crippen LogP contribution in [0, 0.1) is 0 Å². The first-order valence-electron chi connectivity index (χ1n) is 3.82. The van der Waals surface area contributed by atoms with Crippen molar-refractivity contribution in [1.82, 2.24) is 5.32 Å². The van der Waals surface area contributed by atoms with Crippen LogP contribution in [0.15, 0.2) is 0 Å². The summed E-state index contributed by atoms with van der Waals surface area (Å²) in [7, 11) is 0. The van der Waals surface area contributed by atoms with Crippen LogP contribution >= 0.6 is 0 Å². The summed E-state index contributed by atoms with van der Waals surface area (Å²) >= 11 is 0. The summed E-state index contributed by atoms with van der Waals surface area (Å²) in [5, 5.41) is 2.13. The zero-order valence-corrected chi connectivity index (χ0v) is 7.35. The van der Waals surface area contributed by atoms with Crippen LogP contribution < -0.4 is 5.32 Å². The van der Waals surface area contributed by atoms with E-state index in [2.05, 4.69) is 5.32 Å². The molecule has 68 valence electrons. The Morgan fingerprint density at radius 3 is 2.08 bits per heavy atom. The van der Waals surface area contributed by atoms with E-state index < -0.39 is 0 Å². The topological polar surface area (TPSA) is 63.2 Å². The van der Waals surface area contributed by atoms with Crippen molar-refractivity contribution >= 4 is 17.6 Å². The predicted octanol–water partition coefficient (Wildman–Crippen LogP) is 0.408. The van der Waals surface area contributed by atoms with Gasteiger partial charge in [0.1, 0.15) is 5.78 Å². The molecule has 0 fully saturated rings. The highest BCUT2D eigenvalue weighted by Gasteiger charge is 2.03. The third-order valence-electron chi connectivity index (χ3n) is 1.25. The number of ketones is 1. The number of Topliss-reactive ketones (excluding diaryl/α,β-unsaturated/α-hetero) is 1. The summed E-state index contributed by atoms with van der Waals surface area (Å²) < 4.78 is 0. The first kappa shape index (κ1) is 10.8. The molecular weight excluding hydrogens is 158 g/mol.